The van der Waals surface area contributed by atoms with Gasteiger partial charge in [-0.15, -0.1) is 0 Å². The molecule has 8 heteroatoms. The Morgan fingerprint density at radius 3 is 2.78 bits per heavy atom. The number of carbonyl (C=O) groups is 3. The topological polar surface area (TPSA) is 90.5 Å². The molecule has 7 nitrogen and oxygen atoms in total. The van der Waals surface area contributed by atoms with Crippen LogP contribution in [0.3, 0.4) is 0 Å². The van der Waals surface area contributed by atoms with E-state index in [0.717, 1.165) is 31.4 Å². The zero-order valence-electron chi connectivity index (χ0n) is 15.5. The molecule has 1 heterocycles. The molecule has 0 spiro atoms. The maximum Gasteiger partial charge on any atom is 0.323 e. The van der Waals surface area contributed by atoms with Crippen molar-refractivity contribution in [2.75, 3.05) is 28.8 Å². The van der Waals surface area contributed by atoms with Gasteiger partial charge in [0.05, 0.1) is 11.4 Å². The molecule has 3 rings (SSSR count). The third-order valence-electron chi connectivity index (χ3n) is 4.94. The summed E-state index contributed by atoms with van der Waals surface area (Å²) >= 11 is 1.63. The van der Waals surface area contributed by atoms with E-state index in [1.807, 2.05) is 12.3 Å². The molecule has 0 radical (unpaired) electrons. The Bertz CT molecular complexity index is 706. The normalized spacial score (nSPS) is 17.8. The first-order valence-corrected chi connectivity index (χ1v) is 10.7. The molecule has 0 unspecified atom stereocenters. The highest BCUT2D eigenvalue weighted by molar-refractivity contribution is 7.98. The van der Waals surface area contributed by atoms with Crippen LogP contribution in [0.5, 0.6) is 0 Å². The molecular weight excluding hydrogens is 364 g/mol. The van der Waals surface area contributed by atoms with Gasteiger partial charge in [0.1, 0.15) is 12.6 Å². The number of nitrogens with one attached hydrogen (secondary N) is 3. The van der Waals surface area contributed by atoms with Crippen LogP contribution in [0, 0.1) is 0 Å². The van der Waals surface area contributed by atoms with E-state index in [9.17, 15) is 14.4 Å². The largest absolute Gasteiger partial charge is 0.352 e. The number of fused-ring (bicyclic) bond motifs is 1. The van der Waals surface area contributed by atoms with Crippen molar-refractivity contribution < 1.29 is 14.4 Å². The van der Waals surface area contributed by atoms with Crippen molar-refractivity contribution in [1.82, 2.24) is 10.6 Å². The summed E-state index contributed by atoms with van der Waals surface area (Å²) in [5.74, 6) is 0.374. The number of carbonyl (C=O) groups excluding carboxylic acids is 3. The fraction of sp³-hybridized carbons (Fsp3) is 0.526. The molecular formula is C19H26N4O3S. The van der Waals surface area contributed by atoms with Gasteiger partial charge in [-0.3, -0.25) is 14.5 Å². The van der Waals surface area contributed by atoms with Gasteiger partial charge in [0, 0.05) is 6.04 Å². The van der Waals surface area contributed by atoms with E-state index in [-0.39, 0.29) is 24.4 Å². The standard InChI is InChI=1S/C19H26N4O3S/c1-27-11-10-15(18(25)20-13-6-2-3-7-13)22-19(26)23-12-17(24)21-14-8-4-5-9-16(14)23/h4-5,8-9,13,15H,2-3,6-7,10-12H2,1H3,(H,20,25)(H,21,24)(H,22,26)/t15-/m1/s1. The maximum atomic E-state index is 12.9. The number of urea groups is 1. The maximum absolute atomic E-state index is 12.9. The molecule has 0 aromatic heterocycles. The lowest BCUT2D eigenvalue weighted by atomic mass is 10.1. The van der Waals surface area contributed by atoms with Gasteiger partial charge >= 0.3 is 6.03 Å². The van der Waals surface area contributed by atoms with Crippen molar-refractivity contribution in [1.29, 1.82) is 0 Å². The first kappa shape index (κ1) is 19.5. The fourth-order valence-electron chi connectivity index (χ4n) is 3.52. The minimum absolute atomic E-state index is 0.0671. The van der Waals surface area contributed by atoms with Crippen molar-refractivity contribution in [2.45, 2.75) is 44.2 Å². The zero-order valence-corrected chi connectivity index (χ0v) is 16.3. The second-order valence-corrected chi connectivity index (χ2v) is 7.91. The summed E-state index contributed by atoms with van der Waals surface area (Å²) in [7, 11) is 0. The van der Waals surface area contributed by atoms with Crippen LogP contribution in [0.4, 0.5) is 16.2 Å². The molecule has 1 aromatic carbocycles. The van der Waals surface area contributed by atoms with Gasteiger partial charge < -0.3 is 16.0 Å². The molecule has 1 fully saturated rings. The van der Waals surface area contributed by atoms with Gasteiger partial charge in [-0.05, 0) is 43.4 Å². The van der Waals surface area contributed by atoms with Crippen LogP contribution in [-0.2, 0) is 9.59 Å². The lowest BCUT2D eigenvalue weighted by Gasteiger charge is -2.31. The van der Waals surface area contributed by atoms with Crippen molar-refractivity contribution in [3.63, 3.8) is 0 Å². The number of thioether (sulfide) groups is 1. The fourth-order valence-corrected chi connectivity index (χ4v) is 3.99. The van der Waals surface area contributed by atoms with Crippen LogP contribution in [0.1, 0.15) is 32.1 Å². The zero-order chi connectivity index (χ0) is 19.2. The Labute approximate surface area is 163 Å². The lowest BCUT2D eigenvalue weighted by molar-refractivity contribution is -0.123. The number of anilines is 2. The van der Waals surface area contributed by atoms with Crippen molar-refractivity contribution in [2.24, 2.45) is 0 Å². The number of hydrogen-bond donors (Lipinski definition) is 3. The summed E-state index contributed by atoms with van der Waals surface area (Å²) in [6, 6.07) is 6.32. The predicted molar refractivity (Wildman–Crippen MR) is 108 cm³/mol. The summed E-state index contributed by atoms with van der Waals surface area (Å²) in [5.41, 5.74) is 1.23. The Hall–Kier alpha value is -2.22. The second kappa shape index (κ2) is 9.12. The minimum Gasteiger partial charge on any atom is -0.352 e. The molecule has 1 aromatic rings. The number of amides is 4. The van der Waals surface area contributed by atoms with E-state index in [0.29, 0.717) is 17.8 Å². The van der Waals surface area contributed by atoms with E-state index in [4.69, 9.17) is 0 Å². The highest BCUT2D eigenvalue weighted by atomic mass is 32.2. The summed E-state index contributed by atoms with van der Waals surface area (Å²) in [6.07, 6.45) is 6.77. The summed E-state index contributed by atoms with van der Waals surface area (Å²) in [4.78, 5) is 38.9. The Morgan fingerprint density at radius 1 is 1.30 bits per heavy atom. The van der Waals surface area contributed by atoms with Crippen LogP contribution in [-0.4, -0.2) is 48.5 Å². The second-order valence-electron chi connectivity index (χ2n) is 6.92. The van der Waals surface area contributed by atoms with Gasteiger partial charge in [0.25, 0.3) is 0 Å². The Balaban J connectivity index is 1.70. The summed E-state index contributed by atoms with van der Waals surface area (Å²) in [5, 5.41) is 8.66. The molecule has 3 N–H and O–H groups in total. The van der Waals surface area contributed by atoms with Crippen molar-refractivity contribution >= 4 is 41.0 Å². The van der Waals surface area contributed by atoms with Gasteiger partial charge in [0.15, 0.2) is 0 Å². The van der Waals surface area contributed by atoms with E-state index < -0.39 is 12.1 Å². The lowest BCUT2D eigenvalue weighted by Crippen LogP contribution is -2.55. The summed E-state index contributed by atoms with van der Waals surface area (Å²) in [6.45, 7) is -0.0671. The Kier molecular flexibility index (Phi) is 6.60. The van der Waals surface area contributed by atoms with E-state index >= 15 is 0 Å². The van der Waals surface area contributed by atoms with Gasteiger partial charge in [-0.25, -0.2) is 4.79 Å². The third kappa shape index (κ3) is 4.94. The molecule has 1 saturated carbocycles. The summed E-state index contributed by atoms with van der Waals surface area (Å²) < 4.78 is 0. The third-order valence-corrected chi connectivity index (χ3v) is 5.59. The molecule has 1 atom stereocenters. The van der Waals surface area contributed by atoms with Gasteiger partial charge in [0.2, 0.25) is 11.8 Å². The van der Waals surface area contributed by atoms with Crippen LogP contribution in [0.25, 0.3) is 0 Å². The monoisotopic (exact) mass is 390 g/mol. The van der Waals surface area contributed by atoms with E-state index in [1.54, 1.807) is 30.0 Å². The molecule has 1 aliphatic heterocycles. The number of benzene rings is 1. The average Bonchev–Trinajstić information content (AvgIpc) is 3.17. The van der Waals surface area contributed by atoms with Crippen molar-refractivity contribution in [3.8, 4) is 0 Å². The van der Waals surface area contributed by atoms with Crippen LogP contribution < -0.4 is 20.9 Å². The SMILES string of the molecule is CSCC[C@@H](NC(=O)N1CC(=O)Nc2ccccc21)C(=O)NC1CCCC1. The first-order chi connectivity index (χ1) is 13.1. The molecule has 4 amide bonds. The van der Waals surface area contributed by atoms with Crippen molar-refractivity contribution in [3.05, 3.63) is 24.3 Å². The average molecular weight is 391 g/mol. The van der Waals surface area contributed by atoms with E-state index in [1.165, 1.54) is 4.90 Å². The molecule has 0 saturated heterocycles. The van der Waals surface area contributed by atoms with Crippen LogP contribution >= 0.6 is 11.8 Å². The smallest absolute Gasteiger partial charge is 0.323 e. The molecule has 0 bridgehead atoms. The van der Waals surface area contributed by atoms with Gasteiger partial charge in [-0.2, -0.15) is 11.8 Å². The Morgan fingerprint density at radius 2 is 2.04 bits per heavy atom. The van der Waals surface area contributed by atoms with Crippen LogP contribution in [0.15, 0.2) is 24.3 Å². The minimum atomic E-state index is -0.609. The molecule has 27 heavy (non-hydrogen) atoms. The molecule has 146 valence electrons. The highest BCUT2D eigenvalue weighted by Gasteiger charge is 2.30. The van der Waals surface area contributed by atoms with Gasteiger partial charge in [-0.1, -0.05) is 25.0 Å². The quantitative estimate of drug-likeness (QED) is 0.695. The molecule has 2 aliphatic rings. The van der Waals surface area contributed by atoms with E-state index in [2.05, 4.69) is 16.0 Å². The predicted octanol–water partition coefficient (Wildman–Crippen LogP) is 2.34. The first-order valence-electron chi connectivity index (χ1n) is 9.34. The number of rotatable bonds is 6. The molecule has 1 aliphatic carbocycles. The number of nitrogens with zero attached hydrogens (tertiary/aromatic N) is 1. The number of hydrogen-bond acceptors (Lipinski definition) is 4. The highest BCUT2D eigenvalue weighted by Crippen LogP contribution is 2.28. The number of para-hydroxylation sites is 2. The van der Waals surface area contributed by atoms with Crippen LogP contribution in [0.2, 0.25) is 0 Å².